The number of anilines is 2. The van der Waals surface area contributed by atoms with E-state index in [4.69, 9.17) is 15.2 Å². The summed E-state index contributed by atoms with van der Waals surface area (Å²) in [5, 5.41) is 11.2. The highest BCUT2D eigenvalue weighted by molar-refractivity contribution is 5.96. The predicted octanol–water partition coefficient (Wildman–Crippen LogP) is 4.29. The van der Waals surface area contributed by atoms with Gasteiger partial charge in [0.05, 0.1) is 12.7 Å². The molecule has 0 aliphatic carbocycles. The topological polar surface area (TPSA) is 85.0 Å². The molecule has 3 aromatic rings. The summed E-state index contributed by atoms with van der Waals surface area (Å²) in [6.45, 7) is 5.73. The summed E-state index contributed by atoms with van der Waals surface area (Å²) in [7, 11) is 1.55. The second-order valence-corrected chi connectivity index (χ2v) is 7.45. The second kappa shape index (κ2) is 7.87. The number of nitrogen functional groups attached to an aromatic ring is 1. The van der Waals surface area contributed by atoms with E-state index in [1.54, 1.807) is 49.6 Å². The third-order valence-corrected chi connectivity index (χ3v) is 5.86. The number of carbonyl (C=O) groups is 1. The zero-order valence-electron chi connectivity index (χ0n) is 17.9. The normalized spacial score (nSPS) is 17.2. The Labute approximate surface area is 181 Å². The van der Waals surface area contributed by atoms with Crippen LogP contribution in [0, 0.1) is 0 Å². The van der Waals surface area contributed by atoms with Gasteiger partial charge in [-0.3, -0.25) is 0 Å². The summed E-state index contributed by atoms with van der Waals surface area (Å²) in [4.78, 5) is 15.0. The highest BCUT2D eigenvalue weighted by atomic mass is 16.6. The number of ether oxygens (including phenoxy) is 2. The van der Waals surface area contributed by atoms with Crippen molar-refractivity contribution in [3.8, 4) is 11.5 Å². The van der Waals surface area contributed by atoms with Crippen LogP contribution in [0.3, 0.4) is 0 Å². The number of fused-ring (bicyclic) bond motifs is 1. The molecule has 1 heterocycles. The molecular weight excluding hydrogens is 392 g/mol. The fraction of sp³-hybridized carbons (Fsp3) is 0.240. The van der Waals surface area contributed by atoms with E-state index < -0.39 is 11.6 Å². The standard InChI is InChI=1S/C25H26N2O4/c1-4-27(5-2)17-11-12-20(22(28)15-17)25(21-14-16(26)10-13-23(21)30-3)19-9-7-6-8-18(19)24(29)31-25/h6-15,28H,4-5,26H2,1-3H3. The minimum absolute atomic E-state index is 0.0263. The number of esters is 1. The van der Waals surface area contributed by atoms with Crippen LogP contribution in [0.1, 0.15) is 40.9 Å². The van der Waals surface area contributed by atoms with E-state index >= 15 is 0 Å². The number of methoxy groups -OCH3 is 1. The van der Waals surface area contributed by atoms with Gasteiger partial charge in [0, 0.05) is 47.2 Å². The number of benzene rings is 3. The van der Waals surface area contributed by atoms with Gasteiger partial charge in [0.2, 0.25) is 0 Å². The summed E-state index contributed by atoms with van der Waals surface area (Å²) in [6.07, 6.45) is 0. The van der Waals surface area contributed by atoms with Crippen LogP contribution in [-0.4, -0.2) is 31.3 Å². The molecule has 1 atom stereocenters. The first-order valence-corrected chi connectivity index (χ1v) is 10.3. The number of nitrogens with zero attached hydrogens (tertiary/aromatic N) is 1. The molecule has 160 valence electrons. The molecule has 0 bridgehead atoms. The van der Waals surface area contributed by atoms with Crippen molar-refractivity contribution in [2.45, 2.75) is 19.4 Å². The zero-order valence-corrected chi connectivity index (χ0v) is 17.9. The average molecular weight is 418 g/mol. The Morgan fingerprint density at radius 2 is 1.74 bits per heavy atom. The maximum atomic E-state index is 12.9. The van der Waals surface area contributed by atoms with Crippen LogP contribution in [0.25, 0.3) is 0 Å². The Morgan fingerprint density at radius 1 is 1.00 bits per heavy atom. The molecule has 31 heavy (non-hydrogen) atoms. The lowest BCUT2D eigenvalue weighted by Gasteiger charge is -2.32. The van der Waals surface area contributed by atoms with Gasteiger partial charge in [-0.25, -0.2) is 4.79 Å². The highest BCUT2D eigenvalue weighted by Gasteiger charge is 2.51. The minimum Gasteiger partial charge on any atom is -0.507 e. The molecular formula is C25H26N2O4. The van der Waals surface area contributed by atoms with Crippen molar-refractivity contribution < 1.29 is 19.4 Å². The number of nitrogens with two attached hydrogens (primary N) is 1. The summed E-state index contributed by atoms with van der Waals surface area (Å²) in [5.74, 6) is 0.0663. The molecule has 1 unspecified atom stereocenters. The van der Waals surface area contributed by atoms with Crippen molar-refractivity contribution in [2.24, 2.45) is 0 Å². The molecule has 0 spiro atoms. The molecule has 3 N–H and O–H groups in total. The van der Waals surface area contributed by atoms with E-state index in [1.165, 1.54) is 0 Å². The van der Waals surface area contributed by atoms with E-state index in [9.17, 15) is 9.90 Å². The molecule has 0 saturated heterocycles. The molecule has 3 aromatic carbocycles. The lowest BCUT2D eigenvalue weighted by molar-refractivity contribution is 0.0239. The summed E-state index contributed by atoms with van der Waals surface area (Å²) in [5.41, 5.74) is 8.19. The van der Waals surface area contributed by atoms with Crippen LogP contribution in [0.5, 0.6) is 11.5 Å². The molecule has 0 saturated carbocycles. The van der Waals surface area contributed by atoms with E-state index in [0.29, 0.717) is 33.7 Å². The van der Waals surface area contributed by atoms with E-state index in [-0.39, 0.29) is 5.75 Å². The van der Waals surface area contributed by atoms with Crippen LogP contribution >= 0.6 is 0 Å². The number of phenols is 1. The lowest BCUT2D eigenvalue weighted by atomic mass is 9.78. The molecule has 6 nitrogen and oxygen atoms in total. The Hall–Kier alpha value is -3.67. The molecule has 0 aromatic heterocycles. The SMILES string of the molecule is CCN(CC)c1ccc(C2(c3cc(N)ccc3OC)OC(=O)c3ccccc32)c(O)c1. The maximum absolute atomic E-state index is 12.9. The molecule has 0 radical (unpaired) electrons. The van der Waals surface area contributed by atoms with Crippen molar-refractivity contribution in [1.82, 2.24) is 0 Å². The number of rotatable bonds is 6. The average Bonchev–Trinajstić information content (AvgIpc) is 3.08. The van der Waals surface area contributed by atoms with Gasteiger partial charge in [-0.1, -0.05) is 18.2 Å². The second-order valence-electron chi connectivity index (χ2n) is 7.45. The van der Waals surface area contributed by atoms with E-state index in [1.807, 2.05) is 18.2 Å². The monoisotopic (exact) mass is 418 g/mol. The first-order chi connectivity index (χ1) is 15.0. The first kappa shape index (κ1) is 20.6. The van der Waals surface area contributed by atoms with Gasteiger partial charge in [0.25, 0.3) is 0 Å². The van der Waals surface area contributed by atoms with Gasteiger partial charge < -0.3 is 25.2 Å². The third kappa shape index (κ3) is 3.15. The van der Waals surface area contributed by atoms with Gasteiger partial charge in [-0.05, 0) is 50.2 Å². The Balaban J connectivity index is 2.04. The fourth-order valence-electron chi connectivity index (χ4n) is 4.37. The highest BCUT2D eigenvalue weighted by Crippen LogP contribution is 2.52. The molecule has 4 rings (SSSR count). The number of aromatic hydroxyl groups is 1. The lowest BCUT2D eigenvalue weighted by Crippen LogP contribution is -2.30. The smallest absolute Gasteiger partial charge is 0.340 e. The van der Waals surface area contributed by atoms with Crippen LogP contribution in [0.15, 0.2) is 60.7 Å². The van der Waals surface area contributed by atoms with Gasteiger partial charge in [0.15, 0.2) is 5.60 Å². The number of hydrogen-bond acceptors (Lipinski definition) is 6. The predicted molar refractivity (Wildman–Crippen MR) is 121 cm³/mol. The summed E-state index contributed by atoms with van der Waals surface area (Å²) >= 11 is 0. The largest absolute Gasteiger partial charge is 0.507 e. The fourth-order valence-corrected chi connectivity index (χ4v) is 4.37. The van der Waals surface area contributed by atoms with Crippen LogP contribution in [0.2, 0.25) is 0 Å². The zero-order chi connectivity index (χ0) is 22.2. The minimum atomic E-state index is -1.39. The summed E-state index contributed by atoms with van der Waals surface area (Å²) < 4.78 is 11.7. The van der Waals surface area contributed by atoms with Crippen molar-refractivity contribution >= 4 is 17.3 Å². The first-order valence-electron chi connectivity index (χ1n) is 10.3. The van der Waals surface area contributed by atoms with Gasteiger partial charge in [-0.15, -0.1) is 0 Å². The van der Waals surface area contributed by atoms with Crippen LogP contribution in [-0.2, 0) is 10.3 Å². The molecule has 0 amide bonds. The van der Waals surface area contributed by atoms with Crippen molar-refractivity contribution in [1.29, 1.82) is 0 Å². The molecule has 6 heteroatoms. The molecule has 1 aliphatic rings. The van der Waals surface area contributed by atoms with E-state index in [2.05, 4.69) is 18.7 Å². The Kier molecular flexibility index (Phi) is 5.23. The summed E-state index contributed by atoms with van der Waals surface area (Å²) in [6, 6.07) is 17.8. The van der Waals surface area contributed by atoms with Crippen molar-refractivity contribution in [2.75, 3.05) is 30.8 Å². The maximum Gasteiger partial charge on any atom is 0.340 e. The van der Waals surface area contributed by atoms with E-state index in [0.717, 1.165) is 18.8 Å². The molecule has 1 aliphatic heterocycles. The Morgan fingerprint density at radius 3 is 2.42 bits per heavy atom. The Bertz CT molecular complexity index is 1140. The van der Waals surface area contributed by atoms with Crippen LogP contribution in [0.4, 0.5) is 11.4 Å². The van der Waals surface area contributed by atoms with Gasteiger partial charge in [0.1, 0.15) is 11.5 Å². The van der Waals surface area contributed by atoms with Crippen molar-refractivity contribution in [3.63, 3.8) is 0 Å². The van der Waals surface area contributed by atoms with Crippen LogP contribution < -0.4 is 15.4 Å². The number of carbonyl (C=O) groups excluding carboxylic acids is 1. The van der Waals surface area contributed by atoms with Crippen molar-refractivity contribution in [3.05, 3.63) is 82.9 Å². The quantitative estimate of drug-likeness (QED) is 0.459. The molecule has 0 fully saturated rings. The van der Waals surface area contributed by atoms with Gasteiger partial charge in [-0.2, -0.15) is 0 Å². The van der Waals surface area contributed by atoms with Gasteiger partial charge >= 0.3 is 5.97 Å². The number of cyclic esters (lactones) is 1. The number of hydrogen-bond donors (Lipinski definition) is 2. The number of phenolic OH excluding ortho intramolecular Hbond substituents is 1. The third-order valence-electron chi connectivity index (χ3n) is 5.86.